The minimum Gasteiger partial charge on any atom is -0.344 e. The van der Waals surface area contributed by atoms with Gasteiger partial charge in [-0.3, -0.25) is 14.5 Å². The lowest BCUT2D eigenvalue weighted by Crippen LogP contribution is -2.57. The predicted octanol–water partition coefficient (Wildman–Crippen LogP) is -0.395. The number of likely N-dealkylation sites (N-methyl/N-ethyl adjacent to an activating group) is 2. The largest absolute Gasteiger partial charge is 0.344 e. The molecule has 2 aliphatic heterocycles. The molecule has 2 saturated heterocycles. The second-order valence-corrected chi connectivity index (χ2v) is 6.72. The first-order chi connectivity index (χ1) is 9.88. The highest BCUT2D eigenvalue weighted by Crippen LogP contribution is 2.14. The average molecular weight is 296 g/mol. The Morgan fingerprint density at radius 3 is 2.57 bits per heavy atom. The van der Waals surface area contributed by atoms with Crippen LogP contribution in [0.4, 0.5) is 0 Å². The number of nitrogens with one attached hydrogen (secondary N) is 1. The van der Waals surface area contributed by atoms with Gasteiger partial charge in [-0.2, -0.15) is 0 Å². The Kier molecular flexibility index (Phi) is 5.22. The third kappa shape index (κ3) is 3.95. The molecule has 2 aliphatic rings. The number of rotatable bonds is 3. The summed E-state index contributed by atoms with van der Waals surface area (Å²) < 4.78 is 0. The molecule has 2 heterocycles. The SMILES string of the molecule is CC(C)C1NC(=O)CCN(CC2CN(C)CCN2C)C1=O. The first kappa shape index (κ1) is 16.2. The van der Waals surface area contributed by atoms with E-state index in [-0.39, 0.29) is 23.8 Å². The third-order valence-corrected chi connectivity index (χ3v) is 4.58. The molecule has 0 aromatic rings. The van der Waals surface area contributed by atoms with Crippen LogP contribution in [0.3, 0.4) is 0 Å². The van der Waals surface area contributed by atoms with E-state index in [1.807, 2.05) is 18.7 Å². The lowest BCUT2D eigenvalue weighted by atomic mass is 10.0. The zero-order chi connectivity index (χ0) is 15.6. The molecule has 0 radical (unpaired) electrons. The number of hydrogen-bond donors (Lipinski definition) is 1. The van der Waals surface area contributed by atoms with Crippen LogP contribution in [0.1, 0.15) is 20.3 Å². The molecule has 0 spiro atoms. The molecule has 2 atom stereocenters. The summed E-state index contributed by atoms with van der Waals surface area (Å²) in [4.78, 5) is 31.0. The van der Waals surface area contributed by atoms with Gasteiger partial charge >= 0.3 is 0 Å². The molecule has 120 valence electrons. The van der Waals surface area contributed by atoms with E-state index in [9.17, 15) is 9.59 Å². The van der Waals surface area contributed by atoms with Gasteiger partial charge in [0.1, 0.15) is 6.04 Å². The fraction of sp³-hybridized carbons (Fsp3) is 0.867. The fourth-order valence-electron chi connectivity index (χ4n) is 3.04. The van der Waals surface area contributed by atoms with E-state index in [1.54, 1.807) is 0 Å². The monoisotopic (exact) mass is 296 g/mol. The molecule has 6 nitrogen and oxygen atoms in total. The zero-order valence-corrected chi connectivity index (χ0v) is 13.6. The van der Waals surface area contributed by atoms with Crippen molar-refractivity contribution < 1.29 is 9.59 Å². The minimum atomic E-state index is -0.383. The van der Waals surface area contributed by atoms with Crippen LogP contribution in [-0.2, 0) is 9.59 Å². The molecule has 2 amide bonds. The van der Waals surface area contributed by atoms with E-state index in [4.69, 9.17) is 0 Å². The van der Waals surface area contributed by atoms with Crippen molar-refractivity contribution in [3.63, 3.8) is 0 Å². The molecule has 0 aromatic carbocycles. The maximum atomic E-state index is 12.7. The summed E-state index contributed by atoms with van der Waals surface area (Å²) in [5.74, 6) is 0.171. The lowest BCUT2D eigenvalue weighted by Gasteiger charge is -2.40. The molecule has 0 aliphatic carbocycles. The Balaban J connectivity index is 2.06. The Morgan fingerprint density at radius 1 is 1.19 bits per heavy atom. The quantitative estimate of drug-likeness (QED) is 0.770. The van der Waals surface area contributed by atoms with E-state index in [1.165, 1.54) is 0 Å². The first-order valence-electron chi connectivity index (χ1n) is 7.85. The second kappa shape index (κ2) is 6.75. The summed E-state index contributed by atoms with van der Waals surface area (Å²) in [6.45, 7) is 8.25. The number of hydrogen-bond acceptors (Lipinski definition) is 4. The summed E-state index contributed by atoms with van der Waals surface area (Å²) in [7, 11) is 4.23. The van der Waals surface area contributed by atoms with Crippen LogP contribution in [0.25, 0.3) is 0 Å². The van der Waals surface area contributed by atoms with E-state index in [2.05, 4.69) is 29.2 Å². The zero-order valence-electron chi connectivity index (χ0n) is 13.6. The number of amides is 2. The van der Waals surface area contributed by atoms with Crippen LogP contribution in [0, 0.1) is 5.92 Å². The Morgan fingerprint density at radius 2 is 1.90 bits per heavy atom. The molecule has 0 aromatic heterocycles. The first-order valence-corrected chi connectivity index (χ1v) is 7.85. The van der Waals surface area contributed by atoms with Gasteiger partial charge in [-0.25, -0.2) is 0 Å². The number of carbonyl (C=O) groups excluding carboxylic acids is 2. The van der Waals surface area contributed by atoms with Crippen LogP contribution in [0.2, 0.25) is 0 Å². The molecule has 6 heteroatoms. The van der Waals surface area contributed by atoms with Crippen LogP contribution in [0.5, 0.6) is 0 Å². The normalized spacial score (nSPS) is 29.7. The molecular formula is C15H28N4O2. The average Bonchev–Trinajstić information content (AvgIpc) is 2.56. The van der Waals surface area contributed by atoms with Gasteiger partial charge in [0.05, 0.1) is 0 Å². The summed E-state index contributed by atoms with van der Waals surface area (Å²) in [6.07, 6.45) is 0.404. The van der Waals surface area contributed by atoms with Gasteiger partial charge in [0.25, 0.3) is 0 Å². The summed E-state index contributed by atoms with van der Waals surface area (Å²) in [6, 6.07) is -0.0414. The van der Waals surface area contributed by atoms with Gasteiger partial charge < -0.3 is 15.1 Å². The second-order valence-electron chi connectivity index (χ2n) is 6.72. The summed E-state index contributed by atoms with van der Waals surface area (Å²) >= 11 is 0. The smallest absolute Gasteiger partial charge is 0.245 e. The highest BCUT2D eigenvalue weighted by molar-refractivity contribution is 5.90. The molecule has 2 rings (SSSR count). The summed E-state index contributed by atoms with van der Waals surface area (Å²) in [5, 5.41) is 2.86. The molecule has 0 saturated carbocycles. The molecule has 21 heavy (non-hydrogen) atoms. The van der Waals surface area contributed by atoms with Crippen molar-refractivity contribution in [2.24, 2.45) is 5.92 Å². The molecule has 2 unspecified atom stereocenters. The Labute approximate surface area is 127 Å². The highest BCUT2D eigenvalue weighted by atomic mass is 16.2. The van der Waals surface area contributed by atoms with Gasteiger partial charge in [0, 0.05) is 45.2 Å². The van der Waals surface area contributed by atoms with Gasteiger partial charge in [-0.05, 0) is 20.0 Å². The highest BCUT2D eigenvalue weighted by Gasteiger charge is 2.34. The van der Waals surface area contributed by atoms with Crippen molar-refractivity contribution in [1.29, 1.82) is 0 Å². The maximum absolute atomic E-state index is 12.7. The van der Waals surface area contributed by atoms with Crippen molar-refractivity contribution >= 4 is 11.8 Å². The standard InChI is InChI=1S/C15H28N4O2/c1-11(2)14-15(21)19(6-5-13(20)16-14)10-12-9-17(3)7-8-18(12)4/h11-12,14H,5-10H2,1-4H3,(H,16,20). The Hall–Kier alpha value is -1.14. The van der Waals surface area contributed by atoms with Crippen LogP contribution >= 0.6 is 0 Å². The van der Waals surface area contributed by atoms with Gasteiger partial charge in [0.15, 0.2) is 0 Å². The van der Waals surface area contributed by atoms with Crippen LogP contribution in [0.15, 0.2) is 0 Å². The van der Waals surface area contributed by atoms with Crippen molar-refractivity contribution in [3.05, 3.63) is 0 Å². The number of nitrogens with zero attached hydrogens (tertiary/aromatic N) is 3. The maximum Gasteiger partial charge on any atom is 0.245 e. The van der Waals surface area contributed by atoms with Crippen LogP contribution in [-0.4, -0.2) is 85.4 Å². The topological polar surface area (TPSA) is 55.9 Å². The molecule has 2 fully saturated rings. The van der Waals surface area contributed by atoms with Crippen molar-refractivity contribution in [2.45, 2.75) is 32.4 Å². The number of piperazine rings is 1. The minimum absolute atomic E-state index is 0.0151. The lowest BCUT2D eigenvalue weighted by molar-refractivity contribution is -0.135. The molecule has 0 bridgehead atoms. The molecule has 1 N–H and O–H groups in total. The third-order valence-electron chi connectivity index (χ3n) is 4.58. The molecular weight excluding hydrogens is 268 g/mol. The van der Waals surface area contributed by atoms with Crippen molar-refractivity contribution in [1.82, 2.24) is 20.0 Å². The predicted molar refractivity (Wildman–Crippen MR) is 81.9 cm³/mol. The van der Waals surface area contributed by atoms with Crippen molar-refractivity contribution in [3.8, 4) is 0 Å². The van der Waals surface area contributed by atoms with Gasteiger partial charge in [-0.15, -0.1) is 0 Å². The summed E-state index contributed by atoms with van der Waals surface area (Å²) in [5.41, 5.74) is 0. The van der Waals surface area contributed by atoms with E-state index >= 15 is 0 Å². The van der Waals surface area contributed by atoms with Gasteiger partial charge in [0.2, 0.25) is 11.8 Å². The van der Waals surface area contributed by atoms with E-state index in [0.717, 1.165) is 19.6 Å². The number of carbonyl (C=O) groups is 2. The van der Waals surface area contributed by atoms with Crippen LogP contribution < -0.4 is 5.32 Å². The Bertz CT molecular complexity index is 399. The van der Waals surface area contributed by atoms with E-state index in [0.29, 0.717) is 25.6 Å². The van der Waals surface area contributed by atoms with Gasteiger partial charge in [-0.1, -0.05) is 13.8 Å². The van der Waals surface area contributed by atoms with Crippen molar-refractivity contribution in [2.75, 3.05) is 46.8 Å². The fourth-order valence-corrected chi connectivity index (χ4v) is 3.04. The van der Waals surface area contributed by atoms with E-state index < -0.39 is 0 Å².